The zero-order valence-electron chi connectivity index (χ0n) is 9.80. The van der Waals surface area contributed by atoms with Crippen molar-refractivity contribution in [2.45, 2.75) is 0 Å². The molecular weight excluding hydrogens is 249 g/mol. The molecule has 0 amide bonds. The average molecular weight is 259 g/mol. The van der Waals surface area contributed by atoms with Gasteiger partial charge in [0.1, 0.15) is 17.5 Å². The summed E-state index contributed by atoms with van der Waals surface area (Å²) in [5.41, 5.74) is 11.3. The number of nitrogens with zero attached hydrogens (tertiary/aromatic N) is 3. The minimum absolute atomic E-state index is 0.0248. The zero-order valence-corrected chi connectivity index (χ0v) is 9.80. The molecule has 7 heteroatoms. The Hall–Kier alpha value is -2.88. The first-order chi connectivity index (χ1) is 9.11. The van der Waals surface area contributed by atoms with Gasteiger partial charge in [0, 0.05) is 5.56 Å². The third-order valence-electron chi connectivity index (χ3n) is 2.33. The van der Waals surface area contributed by atoms with Gasteiger partial charge in [0.15, 0.2) is 18.2 Å². The molecule has 0 spiro atoms. The van der Waals surface area contributed by atoms with Crippen molar-refractivity contribution in [1.29, 1.82) is 5.26 Å². The molecule has 2 rings (SSSR count). The number of hydrogen-bond donors (Lipinski definition) is 2. The highest BCUT2D eigenvalue weighted by molar-refractivity contribution is 5.65. The second kappa shape index (κ2) is 5.18. The van der Waals surface area contributed by atoms with E-state index in [4.69, 9.17) is 21.5 Å². The predicted octanol–water partition coefficient (Wildman–Crippen LogP) is 1.35. The van der Waals surface area contributed by atoms with E-state index in [1.165, 1.54) is 0 Å². The van der Waals surface area contributed by atoms with Crippen LogP contribution in [-0.2, 0) is 0 Å². The molecule has 1 aromatic heterocycles. The van der Waals surface area contributed by atoms with Gasteiger partial charge in [-0.05, 0) is 24.3 Å². The monoisotopic (exact) mass is 259 g/mol. The van der Waals surface area contributed by atoms with Gasteiger partial charge in [0.25, 0.3) is 0 Å². The number of ether oxygens (including phenoxy) is 1. The minimum Gasteiger partial charge on any atom is -0.479 e. The van der Waals surface area contributed by atoms with Crippen LogP contribution in [0.3, 0.4) is 0 Å². The highest BCUT2D eigenvalue weighted by Gasteiger charge is 2.12. The largest absolute Gasteiger partial charge is 0.479 e. The van der Waals surface area contributed by atoms with E-state index in [-0.39, 0.29) is 24.1 Å². The van der Waals surface area contributed by atoms with Gasteiger partial charge in [-0.2, -0.15) is 10.2 Å². The summed E-state index contributed by atoms with van der Waals surface area (Å²) in [6, 6.07) is 8.23. The van der Waals surface area contributed by atoms with Gasteiger partial charge in [0.05, 0.1) is 0 Å². The van der Waals surface area contributed by atoms with Gasteiger partial charge in [-0.3, -0.25) is 0 Å². The molecule has 4 N–H and O–H groups in total. The van der Waals surface area contributed by atoms with E-state index in [0.717, 1.165) is 0 Å². The number of rotatable bonds is 3. The van der Waals surface area contributed by atoms with E-state index < -0.39 is 5.82 Å². The minimum atomic E-state index is -0.722. The lowest BCUT2D eigenvalue weighted by atomic mass is 10.1. The molecule has 1 aromatic carbocycles. The lowest BCUT2D eigenvalue weighted by Gasteiger charge is -2.06. The second-order valence-electron chi connectivity index (χ2n) is 3.60. The molecule has 1 heterocycles. The molecule has 0 bridgehead atoms. The molecule has 0 radical (unpaired) electrons. The van der Waals surface area contributed by atoms with Crippen LogP contribution in [0.1, 0.15) is 0 Å². The van der Waals surface area contributed by atoms with Gasteiger partial charge in [0.2, 0.25) is 5.95 Å². The first-order valence-corrected chi connectivity index (χ1v) is 5.30. The van der Waals surface area contributed by atoms with Crippen LogP contribution in [0.2, 0.25) is 0 Å². The Morgan fingerprint density at radius 2 is 1.89 bits per heavy atom. The number of benzene rings is 1. The van der Waals surface area contributed by atoms with Crippen molar-refractivity contribution in [2.24, 2.45) is 0 Å². The van der Waals surface area contributed by atoms with Crippen molar-refractivity contribution in [3.8, 4) is 23.1 Å². The van der Waals surface area contributed by atoms with Crippen molar-refractivity contribution in [2.75, 3.05) is 18.1 Å². The fourth-order valence-electron chi connectivity index (χ4n) is 1.50. The summed E-state index contributed by atoms with van der Waals surface area (Å²) in [6.45, 7) is -0.0545. The first kappa shape index (κ1) is 12.6. The van der Waals surface area contributed by atoms with Crippen molar-refractivity contribution >= 4 is 11.8 Å². The number of anilines is 2. The zero-order chi connectivity index (χ0) is 13.8. The molecule has 0 saturated heterocycles. The molecular formula is C12H10FN5O. The highest BCUT2D eigenvalue weighted by atomic mass is 19.1. The Balaban J connectivity index is 2.35. The number of halogens is 1. The lowest BCUT2D eigenvalue weighted by molar-refractivity contribution is 0.368. The summed E-state index contributed by atoms with van der Waals surface area (Å²) in [6.07, 6.45) is 0. The standard InChI is InChI=1S/C12H10FN5O/c13-9-10(17-12(16)18-11(9)15)7-1-3-8(4-2-7)19-6-5-14/h1-4H,6H2,(H4,15,16,17,18). The van der Waals surface area contributed by atoms with Crippen LogP contribution in [0.4, 0.5) is 16.2 Å². The summed E-state index contributed by atoms with van der Waals surface area (Å²) >= 11 is 0. The molecule has 2 aromatic rings. The van der Waals surface area contributed by atoms with Crippen molar-refractivity contribution in [3.63, 3.8) is 0 Å². The van der Waals surface area contributed by atoms with Crippen LogP contribution in [-0.4, -0.2) is 16.6 Å². The van der Waals surface area contributed by atoms with Gasteiger partial charge in [-0.15, -0.1) is 0 Å². The fourth-order valence-corrected chi connectivity index (χ4v) is 1.50. The quantitative estimate of drug-likeness (QED) is 0.860. The second-order valence-corrected chi connectivity index (χ2v) is 3.60. The molecule has 96 valence electrons. The molecule has 19 heavy (non-hydrogen) atoms. The first-order valence-electron chi connectivity index (χ1n) is 5.30. The smallest absolute Gasteiger partial charge is 0.222 e. The van der Waals surface area contributed by atoms with Crippen LogP contribution in [0.5, 0.6) is 5.75 Å². The van der Waals surface area contributed by atoms with E-state index in [2.05, 4.69) is 9.97 Å². The van der Waals surface area contributed by atoms with Crippen LogP contribution in [0.15, 0.2) is 24.3 Å². The Morgan fingerprint density at radius 1 is 1.21 bits per heavy atom. The van der Waals surface area contributed by atoms with Crippen molar-refractivity contribution in [3.05, 3.63) is 30.1 Å². The van der Waals surface area contributed by atoms with E-state index in [0.29, 0.717) is 11.3 Å². The Morgan fingerprint density at radius 3 is 2.53 bits per heavy atom. The van der Waals surface area contributed by atoms with Crippen LogP contribution in [0.25, 0.3) is 11.3 Å². The van der Waals surface area contributed by atoms with Gasteiger partial charge >= 0.3 is 0 Å². The maximum atomic E-state index is 13.8. The highest BCUT2D eigenvalue weighted by Crippen LogP contribution is 2.25. The summed E-state index contributed by atoms with van der Waals surface area (Å²) in [5, 5.41) is 8.39. The molecule has 0 saturated carbocycles. The van der Waals surface area contributed by atoms with Gasteiger partial charge in [-0.1, -0.05) is 0 Å². The predicted molar refractivity (Wildman–Crippen MR) is 67.4 cm³/mol. The summed E-state index contributed by atoms with van der Waals surface area (Å²) in [7, 11) is 0. The topological polar surface area (TPSA) is 111 Å². The number of hydrogen-bond acceptors (Lipinski definition) is 6. The molecule has 0 aliphatic rings. The normalized spacial score (nSPS) is 9.89. The molecule has 6 nitrogen and oxygen atoms in total. The van der Waals surface area contributed by atoms with Crippen LogP contribution >= 0.6 is 0 Å². The molecule has 0 fully saturated rings. The number of aromatic nitrogens is 2. The Bertz CT molecular complexity index is 636. The third-order valence-corrected chi connectivity index (χ3v) is 2.33. The Labute approximate surface area is 108 Å². The molecule has 0 atom stereocenters. The molecule has 0 aliphatic heterocycles. The molecule has 0 aliphatic carbocycles. The van der Waals surface area contributed by atoms with Crippen molar-refractivity contribution < 1.29 is 9.13 Å². The SMILES string of the molecule is N#CCOc1ccc(-c2nc(N)nc(N)c2F)cc1. The number of nitrogens with two attached hydrogens (primary N) is 2. The van der Waals surface area contributed by atoms with E-state index >= 15 is 0 Å². The summed E-state index contributed by atoms with van der Waals surface area (Å²) in [5.74, 6) is -0.619. The van der Waals surface area contributed by atoms with Crippen molar-refractivity contribution in [1.82, 2.24) is 9.97 Å². The maximum absolute atomic E-state index is 13.8. The number of nitriles is 1. The van der Waals surface area contributed by atoms with Crippen LogP contribution < -0.4 is 16.2 Å². The van der Waals surface area contributed by atoms with Gasteiger partial charge < -0.3 is 16.2 Å². The summed E-state index contributed by atoms with van der Waals surface area (Å²) in [4.78, 5) is 7.34. The summed E-state index contributed by atoms with van der Waals surface area (Å²) < 4.78 is 18.9. The average Bonchev–Trinajstić information content (AvgIpc) is 2.41. The number of nitrogen functional groups attached to an aromatic ring is 2. The van der Waals surface area contributed by atoms with E-state index in [9.17, 15) is 4.39 Å². The maximum Gasteiger partial charge on any atom is 0.222 e. The third kappa shape index (κ3) is 2.69. The fraction of sp³-hybridized carbons (Fsp3) is 0.0833. The lowest BCUT2D eigenvalue weighted by Crippen LogP contribution is -2.05. The molecule has 0 unspecified atom stereocenters. The van der Waals surface area contributed by atoms with Crippen LogP contribution in [0, 0.1) is 17.1 Å². The Kier molecular flexibility index (Phi) is 3.43. The van der Waals surface area contributed by atoms with Gasteiger partial charge in [-0.25, -0.2) is 9.37 Å². The van der Waals surface area contributed by atoms with E-state index in [1.807, 2.05) is 6.07 Å². The van der Waals surface area contributed by atoms with E-state index in [1.54, 1.807) is 24.3 Å².